The van der Waals surface area contributed by atoms with E-state index in [1.807, 2.05) is 91.0 Å². The monoisotopic (exact) mass is 430 g/mol. The van der Waals surface area contributed by atoms with Gasteiger partial charge in [0.2, 0.25) is 0 Å². The largest absolute Gasteiger partial charge is 0.380 e. The summed E-state index contributed by atoms with van der Waals surface area (Å²) in [6.07, 6.45) is 2.10. The number of rotatable bonds is 4. The van der Waals surface area contributed by atoms with Crippen molar-refractivity contribution in [2.45, 2.75) is 17.6 Å². The lowest BCUT2D eigenvalue weighted by molar-refractivity contribution is 0.0919. The van der Waals surface area contributed by atoms with Gasteiger partial charge >= 0.3 is 0 Å². The van der Waals surface area contributed by atoms with Gasteiger partial charge in [-0.15, -0.1) is 0 Å². The molecule has 1 aliphatic rings. The predicted octanol–water partition coefficient (Wildman–Crippen LogP) is 5.50. The summed E-state index contributed by atoms with van der Waals surface area (Å²) in [6, 6.07) is 29.4. The van der Waals surface area contributed by atoms with Crippen LogP contribution in [0, 0.1) is 11.3 Å². The van der Waals surface area contributed by atoms with Crippen molar-refractivity contribution in [3.8, 4) is 6.07 Å². The van der Waals surface area contributed by atoms with Crippen LogP contribution in [0.15, 0.2) is 95.5 Å². The Morgan fingerprint density at radius 3 is 2.11 bits per heavy atom. The Morgan fingerprint density at radius 1 is 0.893 bits per heavy atom. The average Bonchev–Trinajstić information content (AvgIpc) is 3.05. The van der Waals surface area contributed by atoms with Crippen LogP contribution in [0.1, 0.15) is 17.5 Å². The van der Waals surface area contributed by atoms with Gasteiger partial charge in [-0.05, 0) is 47.0 Å². The number of benzene rings is 3. The SMILES string of the molecule is N#C[C@@]1(Nc2ccc(Br)cc2)C=C(c2ccccc2)[C@@](O)(c2ccccc2)C1. The number of anilines is 1. The third-order valence-electron chi connectivity index (χ3n) is 5.12. The second-order valence-electron chi connectivity index (χ2n) is 7.04. The van der Waals surface area contributed by atoms with Gasteiger partial charge in [0, 0.05) is 16.6 Å². The normalized spacial score (nSPS) is 23.7. The van der Waals surface area contributed by atoms with Crippen molar-refractivity contribution in [3.63, 3.8) is 0 Å². The lowest BCUT2D eigenvalue weighted by atomic mass is 9.82. The number of hydrogen-bond donors (Lipinski definition) is 2. The van der Waals surface area contributed by atoms with Crippen LogP contribution in [0.5, 0.6) is 0 Å². The maximum absolute atomic E-state index is 11.8. The topological polar surface area (TPSA) is 56.0 Å². The number of halogens is 1. The van der Waals surface area contributed by atoms with Gasteiger partial charge in [-0.25, -0.2) is 0 Å². The minimum atomic E-state index is -1.26. The maximum Gasteiger partial charge on any atom is 0.148 e. The predicted molar refractivity (Wildman–Crippen MR) is 115 cm³/mol. The minimum absolute atomic E-state index is 0.223. The van der Waals surface area contributed by atoms with Gasteiger partial charge in [-0.1, -0.05) is 76.6 Å². The summed E-state index contributed by atoms with van der Waals surface area (Å²) in [5.74, 6) is 0. The molecule has 1 aliphatic carbocycles. The van der Waals surface area contributed by atoms with E-state index in [1.165, 1.54) is 0 Å². The van der Waals surface area contributed by atoms with Crippen molar-refractivity contribution >= 4 is 27.2 Å². The lowest BCUT2D eigenvalue weighted by Crippen LogP contribution is -2.37. The summed E-state index contributed by atoms with van der Waals surface area (Å²) >= 11 is 3.43. The highest BCUT2D eigenvalue weighted by Gasteiger charge is 2.50. The Kier molecular flexibility index (Phi) is 4.80. The Bertz CT molecular complexity index is 1040. The molecule has 0 radical (unpaired) electrons. The standard InChI is InChI=1S/C24H19BrN2O/c25-20-11-13-21(14-12-20)27-23(17-26)15-22(18-7-3-1-4-8-18)24(28,16-23)19-9-5-2-6-10-19/h1-15,27-28H,16H2/t23-,24+/m1/s1. The molecule has 2 N–H and O–H groups in total. The lowest BCUT2D eigenvalue weighted by Gasteiger charge is -2.30. The Labute approximate surface area is 173 Å². The number of aliphatic hydroxyl groups is 1. The first-order chi connectivity index (χ1) is 13.5. The van der Waals surface area contributed by atoms with Crippen molar-refractivity contribution < 1.29 is 5.11 Å². The molecule has 3 aromatic rings. The van der Waals surface area contributed by atoms with Crippen molar-refractivity contribution in [1.82, 2.24) is 0 Å². The zero-order valence-corrected chi connectivity index (χ0v) is 16.7. The second kappa shape index (κ2) is 7.27. The highest BCUT2D eigenvalue weighted by Crippen LogP contribution is 2.49. The molecule has 0 spiro atoms. The molecule has 0 aromatic heterocycles. The highest BCUT2D eigenvalue weighted by molar-refractivity contribution is 9.10. The van der Waals surface area contributed by atoms with Gasteiger partial charge in [0.25, 0.3) is 0 Å². The molecule has 0 bridgehead atoms. The minimum Gasteiger partial charge on any atom is -0.380 e. The second-order valence-corrected chi connectivity index (χ2v) is 7.96. The van der Waals surface area contributed by atoms with E-state index in [2.05, 4.69) is 27.3 Å². The van der Waals surface area contributed by atoms with E-state index in [9.17, 15) is 10.4 Å². The van der Waals surface area contributed by atoms with Crippen molar-refractivity contribution in [2.24, 2.45) is 0 Å². The first kappa shape index (κ1) is 18.5. The number of nitrogens with zero attached hydrogens (tertiary/aromatic N) is 1. The fourth-order valence-electron chi connectivity index (χ4n) is 3.80. The molecular formula is C24H19BrN2O. The summed E-state index contributed by atoms with van der Waals surface area (Å²) in [7, 11) is 0. The molecule has 138 valence electrons. The summed E-state index contributed by atoms with van der Waals surface area (Å²) in [4.78, 5) is 0. The Morgan fingerprint density at radius 2 is 1.50 bits per heavy atom. The zero-order chi connectivity index (χ0) is 19.6. The van der Waals surface area contributed by atoms with Crippen LogP contribution in [0.3, 0.4) is 0 Å². The van der Waals surface area contributed by atoms with Crippen LogP contribution >= 0.6 is 15.9 Å². The molecule has 0 amide bonds. The quantitative estimate of drug-likeness (QED) is 0.574. The van der Waals surface area contributed by atoms with Gasteiger partial charge in [-0.2, -0.15) is 5.26 Å². The van der Waals surface area contributed by atoms with Gasteiger partial charge in [0.15, 0.2) is 0 Å². The number of hydrogen-bond acceptors (Lipinski definition) is 3. The summed E-state index contributed by atoms with van der Waals surface area (Å²) in [6.45, 7) is 0. The highest BCUT2D eigenvalue weighted by atomic mass is 79.9. The maximum atomic E-state index is 11.8. The van der Waals surface area contributed by atoms with Crippen molar-refractivity contribution in [2.75, 3.05) is 5.32 Å². The van der Waals surface area contributed by atoms with Crippen LogP contribution < -0.4 is 5.32 Å². The summed E-state index contributed by atoms with van der Waals surface area (Å²) in [5, 5.41) is 25.2. The summed E-state index contributed by atoms with van der Waals surface area (Å²) < 4.78 is 0.969. The first-order valence-corrected chi connectivity index (χ1v) is 9.86. The van der Waals surface area contributed by atoms with E-state index >= 15 is 0 Å². The molecule has 0 fully saturated rings. The van der Waals surface area contributed by atoms with E-state index < -0.39 is 11.1 Å². The van der Waals surface area contributed by atoms with Crippen LogP contribution in [0.4, 0.5) is 5.69 Å². The molecule has 0 aliphatic heterocycles. The molecular weight excluding hydrogens is 412 g/mol. The average molecular weight is 431 g/mol. The van der Waals surface area contributed by atoms with Gasteiger partial charge in [0.05, 0.1) is 6.07 Å². The smallest absolute Gasteiger partial charge is 0.148 e. The van der Waals surface area contributed by atoms with Gasteiger partial charge in [-0.3, -0.25) is 0 Å². The van der Waals surface area contributed by atoms with E-state index in [0.29, 0.717) is 0 Å². The molecule has 3 aromatic carbocycles. The molecule has 3 nitrogen and oxygen atoms in total. The van der Waals surface area contributed by atoms with E-state index in [1.54, 1.807) is 0 Å². The molecule has 0 saturated carbocycles. The Balaban J connectivity index is 1.82. The zero-order valence-electron chi connectivity index (χ0n) is 15.1. The number of nitriles is 1. The third-order valence-corrected chi connectivity index (χ3v) is 5.65. The first-order valence-electron chi connectivity index (χ1n) is 9.06. The van der Waals surface area contributed by atoms with Crippen molar-refractivity contribution in [3.05, 3.63) is 107 Å². The molecule has 2 atom stereocenters. The van der Waals surface area contributed by atoms with E-state index in [-0.39, 0.29) is 6.42 Å². The fourth-order valence-corrected chi connectivity index (χ4v) is 4.06. The van der Waals surface area contributed by atoms with Gasteiger partial charge < -0.3 is 10.4 Å². The van der Waals surface area contributed by atoms with Crippen LogP contribution in [0.2, 0.25) is 0 Å². The van der Waals surface area contributed by atoms with Crippen molar-refractivity contribution in [1.29, 1.82) is 5.26 Å². The van der Waals surface area contributed by atoms with Crippen LogP contribution in [0.25, 0.3) is 5.57 Å². The Hall–Kier alpha value is -2.87. The molecule has 0 saturated heterocycles. The third kappa shape index (κ3) is 3.35. The molecule has 0 heterocycles. The molecule has 4 heteroatoms. The number of nitrogens with one attached hydrogen (secondary N) is 1. The van der Waals surface area contributed by atoms with Crippen LogP contribution in [-0.2, 0) is 5.60 Å². The van der Waals surface area contributed by atoms with Gasteiger partial charge in [0.1, 0.15) is 11.1 Å². The van der Waals surface area contributed by atoms with Crippen LogP contribution in [-0.4, -0.2) is 10.6 Å². The molecule has 28 heavy (non-hydrogen) atoms. The summed E-state index contributed by atoms with van der Waals surface area (Å²) in [5.41, 5.74) is 0.962. The van der Waals surface area contributed by atoms with E-state index in [0.717, 1.165) is 26.9 Å². The van der Waals surface area contributed by atoms with E-state index in [4.69, 9.17) is 0 Å². The fraction of sp³-hybridized carbons (Fsp3) is 0.125. The molecule has 4 rings (SSSR count). The molecule has 0 unspecified atom stereocenters.